The number of ether oxygens (including phenoxy) is 2. The highest BCUT2D eigenvalue weighted by molar-refractivity contribution is 5.80. The Kier molecular flexibility index (Phi) is 4.83. The molecule has 2 saturated carbocycles. The number of hydrogen-bond acceptors (Lipinski definition) is 4. The van der Waals surface area contributed by atoms with E-state index in [4.69, 9.17) is 9.47 Å². The number of rotatable bonds is 6. The second-order valence-corrected chi connectivity index (χ2v) is 5.71. The average Bonchev–Trinajstić information content (AvgIpc) is 2.98. The molecule has 4 unspecified atom stereocenters. The first-order valence-corrected chi connectivity index (χ1v) is 7.47. The first kappa shape index (κ1) is 14.4. The molecule has 19 heavy (non-hydrogen) atoms. The molecule has 0 heterocycles. The first-order valence-electron chi connectivity index (χ1n) is 7.47. The molecule has 0 aromatic heterocycles. The van der Waals surface area contributed by atoms with Crippen LogP contribution >= 0.6 is 0 Å². The molecule has 2 bridgehead atoms. The minimum atomic E-state index is -0.297. The SMILES string of the molecule is CCOC(=O)CC(C(=O)OCC)C1CC2CCC1C2. The van der Waals surface area contributed by atoms with Gasteiger partial charge in [-0.15, -0.1) is 0 Å². The van der Waals surface area contributed by atoms with Crippen molar-refractivity contribution < 1.29 is 19.1 Å². The minimum Gasteiger partial charge on any atom is -0.466 e. The van der Waals surface area contributed by atoms with E-state index in [9.17, 15) is 9.59 Å². The Morgan fingerprint density at radius 2 is 1.84 bits per heavy atom. The van der Waals surface area contributed by atoms with Crippen LogP contribution in [0.1, 0.15) is 46.0 Å². The Labute approximate surface area is 114 Å². The van der Waals surface area contributed by atoms with E-state index in [1.807, 2.05) is 0 Å². The maximum atomic E-state index is 12.1. The monoisotopic (exact) mass is 268 g/mol. The van der Waals surface area contributed by atoms with Crippen molar-refractivity contribution in [2.75, 3.05) is 13.2 Å². The normalized spacial score (nSPS) is 30.1. The summed E-state index contributed by atoms with van der Waals surface area (Å²) in [7, 11) is 0. The standard InChI is InChI=1S/C15H24O4/c1-3-18-14(16)9-13(15(17)19-4-2)12-8-10-5-6-11(12)7-10/h10-13H,3-9H2,1-2H3. The van der Waals surface area contributed by atoms with Gasteiger partial charge in [0.1, 0.15) is 0 Å². The predicted molar refractivity (Wildman–Crippen MR) is 70.3 cm³/mol. The molecule has 0 spiro atoms. The fraction of sp³-hybridized carbons (Fsp3) is 0.867. The lowest BCUT2D eigenvalue weighted by molar-refractivity contribution is -0.157. The van der Waals surface area contributed by atoms with E-state index >= 15 is 0 Å². The highest BCUT2D eigenvalue weighted by Gasteiger charge is 2.46. The summed E-state index contributed by atoms with van der Waals surface area (Å²) in [5, 5.41) is 0. The summed E-state index contributed by atoms with van der Waals surface area (Å²) in [6.45, 7) is 4.33. The van der Waals surface area contributed by atoms with Crippen molar-refractivity contribution in [1.29, 1.82) is 0 Å². The Balaban J connectivity index is 2.01. The van der Waals surface area contributed by atoms with Gasteiger partial charge in [0.05, 0.1) is 25.6 Å². The van der Waals surface area contributed by atoms with Gasteiger partial charge in [-0.25, -0.2) is 0 Å². The number of fused-ring (bicyclic) bond motifs is 2. The van der Waals surface area contributed by atoms with Crippen molar-refractivity contribution in [1.82, 2.24) is 0 Å². The van der Waals surface area contributed by atoms with Gasteiger partial charge in [-0.05, 0) is 50.9 Å². The summed E-state index contributed by atoms with van der Waals surface area (Å²) in [5.74, 6) is 0.899. The van der Waals surface area contributed by atoms with E-state index in [0.717, 1.165) is 12.3 Å². The second kappa shape index (κ2) is 6.40. The smallest absolute Gasteiger partial charge is 0.309 e. The molecule has 2 aliphatic carbocycles. The Hall–Kier alpha value is -1.06. The van der Waals surface area contributed by atoms with Gasteiger partial charge < -0.3 is 9.47 Å². The van der Waals surface area contributed by atoms with E-state index in [1.165, 1.54) is 19.3 Å². The molecule has 0 radical (unpaired) electrons. The summed E-state index contributed by atoms with van der Waals surface area (Å²) >= 11 is 0. The van der Waals surface area contributed by atoms with Gasteiger partial charge in [-0.2, -0.15) is 0 Å². The van der Waals surface area contributed by atoms with E-state index < -0.39 is 0 Å². The highest BCUT2D eigenvalue weighted by Crippen LogP contribution is 2.51. The maximum absolute atomic E-state index is 12.1. The predicted octanol–water partition coefficient (Wildman–Crippen LogP) is 2.56. The zero-order chi connectivity index (χ0) is 13.8. The van der Waals surface area contributed by atoms with Crippen LogP contribution in [0.2, 0.25) is 0 Å². The summed E-state index contributed by atoms with van der Waals surface area (Å²) in [4.78, 5) is 23.8. The third-order valence-electron chi connectivity index (χ3n) is 4.59. The second-order valence-electron chi connectivity index (χ2n) is 5.71. The van der Waals surface area contributed by atoms with Crippen LogP contribution in [0.4, 0.5) is 0 Å². The van der Waals surface area contributed by atoms with Crippen LogP contribution in [0, 0.1) is 23.7 Å². The number of carbonyl (C=O) groups is 2. The lowest BCUT2D eigenvalue weighted by atomic mass is 9.78. The Morgan fingerprint density at radius 3 is 2.37 bits per heavy atom. The summed E-state index contributed by atoms with van der Waals surface area (Å²) in [6.07, 6.45) is 4.97. The van der Waals surface area contributed by atoms with Gasteiger partial charge in [-0.3, -0.25) is 9.59 Å². The molecule has 4 atom stereocenters. The van der Waals surface area contributed by atoms with Gasteiger partial charge in [0.15, 0.2) is 0 Å². The summed E-state index contributed by atoms with van der Waals surface area (Å²) < 4.78 is 10.2. The van der Waals surface area contributed by atoms with Crippen LogP contribution in [0.15, 0.2) is 0 Å². The van der Waals surface area contributed by atoms with Crippen molar-refractivity contribution in [2.45, 2.75) is 46.0 Å². The molecule has 0 amide bonds. The maximum Gasteiger partial charge on any atom is 0.309 e. The molecule has 0 aliphatic heterocycles. The molecule has 0 aromatic carbocycles. The summed E-state index contributed by atoms with van der Waals surface area (Å²) in [6, 6.07) is 0. The van der Waals surface area contributed by atoms with Crippen molar-refractivity contribution in [3.63, 3.8) is 0 Å². The van der Waals surface area contributed by atoms with E-state index in [0.29, 0.717) is 25.0 Å². The molecule has 0 saturated heterocycles. The quantitative estimate of drug-likeness (QED) is 0.695. The van der Waals surface area contributed by atoms with Crippen LogP contribution < -0.4 is 0 Å². The molecule has 4 heteroatoms. The molecule has 2 rings (SSSR count). The third kappa shape index (κ3) is 3.28. The van der Waals surface area contributed by atoms with Gasteiger partial charge in [-0.1, -0.05) is 6.42 Å². The summed E-state index contributed by atoms with van der Waals surface area (Å²) in [5.41, 5.74) is 0. The average molecular weight is 268 g/mol. The van der Waals surface area contributed by atoms with E-state index in [2.05, 4.69) is 0 Å². The van der Waals surface area contributed by atoms with E-state index in [1.54, 1.807) is 13.8 Å². The molecule has 0 N–H and O–H groups in total. The highest BCUT2D eigenvalue weighted by atomic mass is 16.5. The van der Waals surface area contributed by atoms with Gasteiger partial charge in [0.25, 0.3) is 0 Å². The number of carbonyl (C=O) groups excluding carboxylic acids is 2. The number of esters is 2. The van der Waals surface area contributed by atoms with Gasteiger partial charge in [0, 0.05) is 0 Å². The van der Waals surface area contributed by atoms with Crippen LogP contribution in [0.5, 0.6) is 0 Å². The van der Waals surface area contributed by atoms with Crippen molar-refractivity contribution in [3.8, 4) is 0 Å². The fourth-order valence-electron chi connectivity index (χ4n) is 3.84. The van der Waals surface area contributed by atoms with Gasteiger partial charge >= 0.3 is 11.9 Å². The molecule has 2 aliphatic rings. The zero-order valence-corrected chi connectivity index (χ0v) is 11.9. The lowest BCUT2D eigenvalue weighted by Crippen LogP contribution is -2.32. The van der Waals surface area contributed by atoms with Crippen LogP contribution in [0.25, 0.3) is 0 Å². The molecule has 0 aromatic rings. The molecule has 108 valence electrons. The van der Waals surface area contributed by atoms with Crippen LogP contribution in [-0.2, 0) is 19.1 Å². The topological polar surface area (TPSA) is 52.6 Å². The largest absolute Gasteiger partial charge is 0.466 e. The van der Waals surface area contributed by atoms with Crippen molar-refractivity contribution in [3.05, 3.63) is 0 Å². The molecule has 2 fully saturated rings. The molecular formula is C15H24O4. The minimum absolute atomic E-state index is 0.181. The molecular weight excluding hydrogens is 244 g/mol. The number of hydrogen-bond donors (Lipinski definition) is 0. The van der Waals surface area contributed by atoms with Crippen LogP contribution in [0.3, 0.4) is 0 Å². The van der Waals surface area contributed by atoms with Crippen molar-refractivity contribution >= 4 is 11.9 Å². The zero-order valence-electron chi connectivity index (χ0n) is 11.9. The molecule has 4 nitrogen and oxygen atoms in total. The lowest BCUT2D eigenvalue weighted by Gasteiger charge is -2.28. The first-order chi connectivity index (χ1) is 9.15. The Bertz CT molecular complexity index is 339. The van der Waals surface area contributed by atoms with Gasteiger partial charge in [0.2, 0.25) is 0 Å². The van der Waals surface area contributed by atoms with Crippen molar-refractivity contribution in [2.24, 2.45) is 23.7 Å². The van der Waals surface area contributed by atoms with Crippen LogP contribution in [-0.4, -0.2) is 25.2 Å². The third-order valence-corrected chi connectivity index (χ3v) is 4.59. The Morgan fingerprint density at radius 1 is 1.11 bits per heavy atom. The fourth-order valence-corrected chi connectivity index (χ4v) is 3.84. The van der Waals surface area contributed by atoms with E-state index in [-0.39, 0.29) is 24.3 Å².